The smallest absolute Gasteiger partial charge is 0.230 e. The van der Waals surface area contributed by atoms with Crippen molar-refractivity contribution in [3.05, 3.63) is 48.0 Å². The highest BCUT2D eigenvalue weighted by Crippen LogP contribution is 2.33. The van der Waals surface area contributed by atoms with E-state index in [0.29, 0.717) is 19.0 Å². The van der Waals surface area contributed by atoms with E-state index in [1.807, 2.05) is 42.5 Å². The molecule has 0 saturated heterocycles. The molecule has 3 aromatic rings. The Labute approximate surface area is 168 Å². The number of fused-ring (bicyclic) bond motifs is 2. The molecular weight excluding hydrogens is 374 g/mol. The lowest BCUT2D eigenvalue weighted by atomic mass is 10.0. The second-order valence-electron chi connectivity index (χ2n) is 6.63. The summed E-state index contributed by atoms with van der Waals surface area (Å²) in [4.78, 5) is 20.2. The molecule has 2 heterocycles. The molecule has 1 aliphatic rings. The first kappa shape index (κ1) is 18.7. The van der Waals surface area contributed by atoms with Gasteiger partial charge in [0, 0.05) is 6.42 Å². The molecule has 1 aromatic heterocycles. The molecule has 4 rings (SSSR count). The second kappa shape index (κ2) is 8.56. The van der Waals surface area contributed by atoms with E-state index in [-0.39, 0.29) is 11.9 Å². The predicted octanol–water partition coefficient (Wildman–Crippen LogP) is 4.08. The SMILES string of the molecule is CC[C@H](NC(=O)CSc1nc2ccccc2[nH]1)c1ccc2c(c1)OCCCO2. The van der Waals surface area contributed by atoms with Crippen LogP contribution in [-0.4, -0.2) is 34.8 Å². The number of nitrogens with zero attached hydrogens (tertiary/aromatic N) is 1. The van der Waals surface area contributed by atoms with Crippen LogP contribution in [0.3, 0.4) is 0 Å². The fourth-order valence-electron chi connectivity index (χ4n) is 3.19. The van der Waals surface area contributed by atoms with Gasteiger partial charge >= 0.3 is 0 Å². The van der Waals surface area contributed by atoms with Crippen LogP contribution in [-0.2, 0) is 4.79 Å². The summed E-state index contributed by atoms with van der Waals surface area (Å²) in [7, 11) is 0. The Morgan fingerprint density at radius 1 is 1.21 bits per heavy atom. The summed E-state index contributed by atoms with van der Waals surface area (Å²) in [6, 6.07) is 13.7. The van der Waals surface area contributed by atoms with Crippen molar-refractivity contribution < 1.29 is 14.3 Å². The first-order valence-corrected chi connectivity index (χ1v) is 10.5. The molecule has 28 heavy (non-hydrogen) atoms. The van der Waals surface area contributed by atoms with Crippen LogP contribution in [0, 0.1) is 0 Å². The summed E-state index contributed by atoms with van der Waals surface area (Å²) in [5.41, 5.74) is 2.90. The molecule has 0 unspecified atom stereocenters. The maximum atomic E-state index is 12.5. The van der Waals surface area contributed by atoms with Crippen molar-refractivity contribution in [1.29, 1.82) is 0 Å². The normalized spacial score (nSPS) is 14.5. The zero-order valence-electron chi connectivity index (χ0n) is 15.7. The second-order valence-corrected chi connectivity index (χ2v) is 7.60. The van der Waals surface area contributed by atoms with Crippen LogP contribution in [0.1, 0.15) is 31.4 Å². The molecule has 6 nitrogen and oxygen atoms in total. The number of imidazole rings is 1. The van der Waals surface area contributed by atoms with Crippen molar-refractivity contribution in [2.45, 2.75) is 31.0 Å². The maximum Gasteiger partial charge on any atom is 0.230 e. The third kappa shape index (κ3) is 4.25. The summed E-state index contributed by atoms with van der Waals surface area (Å²) in [6.45, 7) is 3.37. The summed E-state index contributed by atoms with van der Waals surface area (Å²) in [5.74, 6) is 1.80. The summed E-state index contributed by atoms with van der Waals surface area (Å²) in [6.07, 6.45) is 1.66. The summed E-state index contributed by atoms with van der Waals surface area (Å²) >= 11 is 1.40. The van der Waals surface area contributed by atoms with Crippen LogP contribution in [0.15, 0.2) is 47.6 Å². The third-order valence-electron chi connectivity index (χ3n) is 4.63. The molecule has 0 spiro atoms. The number of benzene rings is 2. The number of rotatable bonds is 6. The van der Waals surface area contributed by atoms with E-state index in [0.717, 1.165) is 46.1 Å². The van der Waals surface area contributed by atoms with Gasteiger partial charge in [0.15, 0.2) is 16.7 Å². The van der Waals surface area contributed by atoms with E-state index >= 15 is 0 Å². The minimum Gasteiger partial charge on any atom is -0.490 e. The van der Waals surface area contributed by atoms with E-state index in [1.165, 1.54) is 11.8 Å². The van der Waals surface area contributed by atoms with Crippen molar-refractivity contribution in [2.75, 3.05) is 19.0 Å². The predicted molar refractivity (Wildman–Crippen MR) is 110 cm³/mol. The van der Waals surface area contributed by atoms with Crippen LogP contribution < -0.4 is 14.8 Å². The number of hydrogen-bond donors (Lipinski definition) is 2. The molecule has 0 aliphatic carbocycles. The number of aromatic nitrogens is 2. The van der Waals surface area contributed by atoms with Crippen molar-refractivity contribution in [3.8, 4) is 11.5 Å². The third-order valence-corrected chi connectivity index (χ3v) is 5.50. The standard InChI is InChI=1S/C21H23N3O3S/c1-2-15(14-8-9-18-19(12-14)27-11-5-10-26-18)22-20(25)13-28-21-23-16-6-3-4-7-17(16)24-21/h3-4,6-9,12,15H,2,5,10-11,13H2,1H3,(H,22,25)(H,23,24)/t15-/m0/s1. The lowest BCUT2D eigenvalue weighted by Gasteiger charge is -2.19. The molecule has 7 heteroatoms. The van der Waals surface area contributed by atoms with Gasteiger partial charge in [0.1, 0.15) is 0 Å². The minimum absolute atomic E-state index is 0.0237. The Morgan fingerprint density at radius 2 is 2.04 bits per heavy atom. The first-order chi connectivity index (χ1) is 13.7. The topological polar surface area (TPSA) is 76.2 Å². The minimum atomic E-state index is -0.0686. The van der Waals surface area contributed by atoms with Crippen LogP contribution in [0.5, 0.6) is 11.5 Å². The number of H-pyrrole nitrogens is 1. The average Bonchev–Trinajstić information content (AvgIpc) is 2.99. The van der Waals surface area contributed by atoms with Gasteiger partial charge in [0.2, 0.25) is 5.91 Å². The Balaban J connectivity index is 1.38. The molecule has 1 aliphatic heterocycles. The lowest BCUT2D eigenvalue weighted by molar-refractivity contribution is -0.119. The van der Waals surface area contributed by atoms with Crippen LogP contribution in [0.2, 0.25) is 0 Å². The number of thioether (sulfide) groups is 1. The fraction of sp³-hybridized carbons (Fsp3) is 0.333. The summed E-state index contributed by atoms with van der Waals surface area (Å²) in [5, 5.41) is 3.86. The highest BCUT2D eigenvalue weighted by Gasteiger charge is 2.17. The highest BCUT2D eigenvalue weighted by atomic mass is 32.2. The van der Waals surface area contributed by atoms with Gasteiger partial charge in [0.05, 0.1) is 36.0 Å². The van der Waals surface area contributed by atoms with E-state index in [2.05, 4.69) is 22.2 Å². The Hall–Kier alpha value is -2.67. The van der Waals surface area contributed by atoms with Crippen LogP contribution in [0.25, 0.3) is 11.0 Å². The van der Waals surface area contributed by atoms with Gasteiger partial charge in [0.25, 0.3) is 0 Å². The van der Waals surface area contributed by atoms with E-state index in [9.17, 15) is 4.79 Å². The molecule has 0 fully saturated rings. The number of nitrogens with one attached hydrogen (secondary N) is 2. The Bertz CT molecular complexity index is 939. The van der Waals surface area contributed by atoms with Gasteiger partial charge < -0.3 is 19.8 Å². The molecular formula is C21H23N3O3S. The Morgan fingerprint density at radius 3 is 2.86 bits per heavy atom. The van der Waals surface area contributed by atoms with E-state index in [4.69, 9.17) is 9.47 Å². The largest absolute Gasteiger partial charge is 0.490 e. The maximum absolute atomic E-state index is 12.5. The van der Waals surface area contributed by atoms with Gasteiger partial charge in [-0.25, -0.2) is 4.98 Å². The van der Waals surface area contributed by atoms with Crippen molar-refractivity contribution in [2.24, 2.45) is 0 Å². The zero-order chi connectivity index (χ0) is 19.3. The van der Waals surface area contributed by atoms with Crippen molar-refractivity contribution in [3.63, 3.8) is 0 Å². The monoisotopic (exact) mass is 397 g/mol. The van der Waals surface area contributed by atoms with Crippen LogP contribution >= 0.6 is 11.8 Å². The molecule has 0 radical (unpaired) electrons. The highest BCUT2D eigenvalue weighted by molar-refractivity contribution is 7.99. The first-order valence-electron chi connectivity index (χ1n) is 9.49. The fourth-order valence-corrected chi connectivity index (χ4v) is 3.88. The molecule has 2 aromatic carbocycles. The summed E-state index contributed by atoms with van der Waals surface area (Å²) < 4.78 is 11.5. The number of carbonyl (C=O) groups excluding carboxylic acids is 1. The molecule has 1 amide bonds. The lowest BCUT2D eigenvalue weighted by Crippen LogP contribution is -2.29. The van der Waals surface area contributed by atoms with Gasteiger partial charge in [-0.2, -0.15) is 0 Å². The van der Waals surface area contributed by atoms with Gasteiger partial charge in [-0.3, -0.25) is 4.79 Å². The van der Waals surface area contributed by atoms with Crippen LogP contribution in [0.4, 0.5) is 0 Å². The number of para-hydroxylation sites is 2. The average molecular weight is 398 g/mol. The van der Waals surface area contributed by atoms with Crippen molar-refractivity contribution in [1.82, 2.24) is 15.3 Å². The quantitative estimate of drug-likeness (QED) is 0.613. The van der Waals surface area contributed by atoms with Crippen molar-refractivity contribution >= 4 is 28.7 Å². The number of ether oxygens (including phenoxy) is 2. The number of hydrogen-bond acceptors (Lipinski definition) is 5. The number of carbonyl (C=O) groups is 1. The van der Waals surface area contributed by atoms with Gasteiger partial charge in [-0.05, 0) is 36.2 Å². The van der Waals surface area contributed by atoms with Gasteiger partial charge in [-0.15, -0.1) is 0 Å². The number of aromatic amines is 1. The zero-order valence-corrected chi connectivity index (χ0v) is 16.6. The van der Waals surface area contributed by atoms with E-state index in [1.54, 1.807) is 0 Å². The van der Waals surface area contributed by atoms with E-state index < -0.39 is 0 Å². The molecule has 1 atom stereocenters. The van der Waals surface area contributed by atoms with Gasteiger partial charge in [-0.1, -0.05) is 36.9 Å². The number of amides is 1. The Kier molecular flexibility index (Phi) is 5.71. The molecule has 2 N–H and O–H groups in total. The molecule has 146 valence electrons. The molecule has 0 saturated carbocycles. The molecule has 0 bridgehead atoms.